The van der Waals surface area contributed by atoms with Crippen LogP contribution >= 0.6 is 0 Å². The second kappa shape index (κ2) is 29.7. The van der Waals surface area contributed by atoms with Gasteiger partial charge in [0.2, 0.25) is 0 Å². The zero-order valence-electron chi connectivity index (χ0n) is 28.1. The van der Waals surface area contributed by atoms with Crippen molar-refractivity contribution in [2.24, 2.45) is 0 Å². The Morgan fingerprint density at radius 3 is 1.89 bits per heavy atom. The second-order valence-corrected chi connectivity index (χ2v) is 12.1. The summed E-state index contributed by atoms with van der Waals surface area (Å²) in [5.74, 6) is -0.807. The minimum atomic E-state index is -0.756. The van der Waals surface area contributed by atoms with Crippen LogP contribution in [0.5, 0.6) is 0 Å². The van der Waals surface area contributed by atoms with Crippen LogP contribution in [0.4, 0.5) is 0 Å². The van der Waals surface area contributed by atoms with Crippen LogP contribution in [0, 0.1) is 0 Å². The van der Waals surface area contributed by atoms with E-state index in [0.29, 0.717) is 45.9 Å². The Labute approximate surface area is 268 Å². The van der Waals surface area contributed by atoms with E-state index in [4.69, 9.17) is 24.1 Å². The zero-order valence-corrected chi connectivity index (χ0v) is 28.1. The number of rotatable bonds is 32. The highest BCUT2D eigenvalue weighted by Crippen LogP contribution is 2.17. The first-order valence-corrected chi connectivity index (χ1v) is 17.8. The molecule has 254 valence electrons. The lowest BCUT2D eigenvalue weighted by atomic mass is 10.0. The Bertz CT molecular complexity index is 785. The maximum Gasteiger partial charge on any atom is 0.306 e. The van der Waals surface area contributed by atoms with Crippen molar-refractivity contribution in [2.45, 2.75) is 161 Å². The molecule has 0 aliphatic rings. The Kier molecular flexibility index (Phi) is 27.1. The van der Waals surface area contributed by atoms with Crippen molar-refractivity contribution in [2.75, 3.05) is 26.4 Å². The third kappa shape index (κ3) is 25.4. The SMILES string of the molecule is CCCCCCCCC(CCCCCC)OC(=O)CCCCCOCC(COCc1ccccc1)OCCCCCC(=O)O. The second-order valence-electron chi connectivity index (χ2n) is 12.1. The van der Waals surface area contributed by atoms with E-state index in [-0.39, 0.29) is 24.6 Å². The molecule has 0 aliphatic carbocycles. The van der Waals surface area contributed by atoms with Gasteiger partial charge in [-0.05, 0) is 56.9 Å². The van der Waals surface area contributed by atoms with Gasteiger partial charge in [-0.1, -0.05) is 108 Å². The molecule has 1 rings (SSSR count). The van der Waals surface area contributed by atoms with Crippen molar-refractivity contribution < 1.29 is 33.6 Å². The van der Waals surface area contributed by atoms with Crippen molar-refractivity contribution in [1.29, 1.82) is 0 Å². The van der Waals surface area contributed by atoms with Gasteiger partial charge in [-0.25, -0.2) is 0 Å². The Morgan fingerprint density at radius 2 is 1.20 bits per heavy atom. The van der Waals surface area contributed by atoms with E-state index in [9.17, 15) is 9.59 Å². The van der Waals surface area contributed by atoms with Gasteiger partial charge in [0.05, 0.1) is 19.8 Å². The number of carbonyl (C=O) groups excluding carboxylic acids is 1. The number of aliphatic carboxylic acids is 1. The molecule has 1 aromatic carbocycles. The van der Waals surface area contributed by atoms with Crippen LogP contribution in [0.15, 0.2) is 30.3 Å². The van der Waals surface area contributed by atoms with Gasteiger partial charge in [-0.2, -0.15) is 0 Å². The lowest BCUT2D eigenvalue weighted by molar-refractivity contribution is -0.150. The molecule has 0 saturated heterocycles. The van der Waals surface area contributed by atoms with E-state index in [1.165, 1.54) is 51.4 Å². The largest absolute Gasteiger partial charge is 0.481 e. The van der Waals surface area contributed by atoms with Crippen LogP contribution in [0.2, 0.25) is 0 Å². The number of carbonyl (C=O) groups is 2. The highest BCUT2D eigenvalue weighted by Gasteiger charge is 2.15. The van der Waals surface area contributed by atoms with Gasteiger partial charge in [0, 0.05) is 26.1 Å². The molecular formula is C37H64O7. The first-order valence-electron chi connectivity index (χ1n) is 17.8. The summed E-state index contributed by atoms with van der Waals surface area (Å²) in [4.78, 5) is 23.3. The van der Waals surface area contributed by atoms with Gasteiger partial charge in [0.15, 0.2) is 0 Å². The van der Waals surface area contributed by atoms with Gasteiger partial charge in [0.25, 0.3) is 0 Å². The topological polar surface area (TPSA) is 91.3 Å². The van der Waals surface area contributed by atoms with Crippen molar-refractivity contribution in [3.8, 4) is 0 Å². The molecule has 2 unspecified atom stereocenters. The zero-order chi connectivity index (χ0) is 31.9. The van der Waals surface area contributed by atoms with Crippen LogP contribution < -0.4 is 0 Å². The molecule has 0 bridgehead atoms. The van der Waals surface area contributed by atoms with Crippen LogP contribution in [0.25, 0.3) is 0 Å². The molecule has 0 fully saturated rings. The summed E-state index contributed by atoms with van der Waals surface area (Å²) in [6, 6.07) is 10.0. The normalized spacial score (nSPS) is 12.7. The minimum Gasteiger partial charge on any atom is -0.481 e. The third-order valence-corrected chi connectivity index (χ3v) is 7.83. The van der Waals surface area contributed by atoms with E-state index in [2.05, 4.69) is 13.8 Å². The van der Waals surface area contributed by atoms with Crippen LogP contribution in [-0.2, 0) is 35.1 Å². The number of carboxylic acids is 1. The first-order chi connectivity index (χ1) is 21.5. The fourth-order valence-electron chi connectivity index (χ4n) is 5.16. The van der Waals surface area contributed by atoms with Gasteiger partial charge in [-0.3, -0.25) is 9.59 Å². The lowest BCUT2D eigenvalue weighted by Gasteiger charge is -2.19. The van der Waals surface area contributed by atoms with Crippen LogP contribution in [0.1, 0.15) is 148 Å². The van der Waals surface area contributed by atoms with Crippen molar-refractivity contribution in [3.05, 3.63) is 35.9 Å². The van der Waals surface area contributed by atoms with Crippen LogP contribution in [0.3, 0.4) is 0 Å². The monoisotopic (exact) mass is 620 g/mol. The number of benzene rings is 1. The molecule has 0 saturated carbocycles. The maximum absolute atomic E-state index is 12.6. The molecule has 0 amide bonds. The molecule has 0 radical (unpaired) electrons. The Hall–Kier alpha value is -1.96. The highest BCUT2D eigenvalue weighted by atomic mass is 16.6. The third-order valence-electron chi connectivity index (χ3n) is 7.83. The molecule has 44 heavy (non-hydrogen) atoms. The van der Waals surface area contributed by atoms with E-state index >= 15 is 0 Å². The molecule has 1 aromatic rings. The van der Waals surface area contributed by atoms with E-state index in [1.54, 1.807) is 0 Å². The summed E-state index contributed by atoms with van der Waals surface area (Å²) >= 11 is 0. The standard InChI is InChI=1S/C37H64O7/c1-3-5-7-9-10-17-25-34(24-16-8-6-4-2)44-37(40)27-19-13-20-28-41-31-35(43-29-21-12-18-26-36(38)39)32-42-30-33-22-14-11-15-23-33/h11,14-15,22-23,34-35H,3-10,12-13,16-21,24-32H2,1-2H3,(H,38,39). The van der Waals surface area contributed by atoms with Crippen LogP contribution in [-0.4, -0.2) is 55.7 Å². The number of hydrogen-bond donors (Lipinski definition) is 1. The Morgan fingerprint density at radius 1 is 0.636 bits per heavy atom. The molecule has 7 nitrogen and oxygen atoms in total. The maximum atomic E-state index is 12.6. The molecule has 0 spiro atoms. The summed E-state index contributed by atoms with van der Waals surface area (Å²) in [5, 5.41) is 8.80. The van der Waals surface area contributed by atoms with Crippen molar-refractivity contribution in [1.82, 2.24) is 0 Å². The number of esters is 1. The number of ether oxygens (including phenoxy) is 4. The molecule has 1 N–H and O–H groups in total. The number of unbranched alkanes of at least 4 members (excludes halogenated alkanes) is 12. The summed E-state index contributed by atoms with van der Waals surface area (Å²) < 4.78 is 23.8. The molecule has 7 heteroatoms. The molecule has 0 aromatic heterocycles. The highest BCUT2D eigenvalue weighted by molar-refractivity contribution is 5.69. The fourth-order valence-corrected chi connectivity index (χ4v) is 5.16. The molecule has 0 aliphatic heterocycles. The summed E-state index contributed by atoms with van der Waals surface area (Å²) in [6.07, 6.45) is 19.9. The molecule has 0 heterocycles. The average molecular weight is 621 g/mol. The fraction of sp³-hybridized carbons (Fsp3) is 0.784. The molecule has 2 atom stereocenters. The molecular weight excluding hydrogens is 556 g/mol. The van der Waals surface area contributed by atoms with E-state index in [1.807, 2.05) is 30.3 Å². The summed E-state index contributed by atoms with van der Waals surface area (Å²) in [6.45, 7) is 7.05. The predicted molar refractivity (Wildman–Crippen MR) is 178 cm³/mol. The average Bonchev–Trinajstić information content (AvgIpc) is 3.02. The van der Waals surface area contributed by atoms with E-state index in [0.717, 1.165) is 63.4 Å². The summed E-state index contributed by atoms with van der Waals surface area (Å²) in [7, 11) is 0. The summed E-state index contributed by atoms with van der Waals surface area (Å²) in [5.41, 5.74) is 1.12. The Balaban J connectivity index is 2.27. The van der Waals surface area contributed by atoms with Gasteiger partial charge in [-0.15, -0.1) is 0 Å². The minimum absolute atomic E-state index is 0.0511. The predicted octanol–water partition coefficient (Wildman–Crippen LogP) is 9.44. The number of carboxylic acid groups (broad SMARTS) is 1. The smallest absolute Gasteiger partial charge is 0.306 e. The van der Waals surface area contributed by atoms with E-state index < -0.39 is 5.97 Å². The van der Waals surface area contributed by atoms with Gasteiger partial charge in [0.1, 0.15) is 12.2 Å². The van der Waals surface area contributed by atoms with Gasteiger partial charge < -0.3 is 24.1 Å². The number of hydrogen-bond acceptors (Lipinski definition) is 6. The lowest BCUT2D eigenvalue weighted by Crippen LogP contribution is -2.26. The quantitative estimate of drug-likeness (QED) is 0.0634. The van der Waals surface area contributed by atoms with Gasteiger partial charge >= 0.3 is 11.9 Å². The van der Waals surface area contributed by atoms with Crippen molar-refractivity contribution in [3.63, 3.8) is 0 Å². The first kappa shape index (κ1) is 40.1. The van der Waals surface area contributed by atoms with Crippen molar-refractivity contribution >= 4 is 11.9 Å².